The largest absolute Gasteiger partial charge is 0.367 e. The van der Waals surface area contributed by atoms with Crippen molar-refractivity contribution in [2.75, 3.05) is 26.7 Å². The number of carbonyl (C=O) groups is 1. The standard InChI is InChI=1S/C8H16N2O2/c1-10-5-7(3-2-4-9)12-6-8(10)11/h7H,2-6,9H2,1H3. The third-order valence-electron chi connectivity index (χ3n) is 2.08. The van der Waals surface area contributed by atoms with Gasteiger partial charge in [-0.15, -0.1) is 0 Å². The van der Waals surface area contributed by atoms with E-state index in [-0.39, 0.29) is 18.6 Å². The highest BCUT2D eigenvalue weighted by Crippen LogP contribution is 2.08. The average Bonchev–Trinajstić information content (AvgIpc) is 2.07. The van der Waals surface area contributed by atoms with Crippen molar-refractivity contribution in [1.82, 2.24) is 4.90 Å². The average molecular weight is 172 g/mol. The number of likely N-dealkylation sites (N-methyl/N-ethyl adjacent to an activating group) is 1. The van der Waals surface area contributed by atoms with Crippen LogP contribution in [0.25, 0.3) is 0 Å². The molecule has 1 heterocycles. The summed E-state index contributed by atoms with van der Waals surface area (Å²) >= 11 is 0. The SMILES string of the molecule is CN1CC(CCCN)OCC1=O. The molecule has 0 aliphatic carbocycles. The number of carbonyl (C=O) groups excluding carboxylic acids is 1. The summed E-state index contributed by atoms with van der Waals surface area (Å²) in [6.45, 7) is 1.63. The molecule has 70 valence electrons. The molecule has 1 rings (SSSR count). The molecule has 0 aromatic rings. The lowest BCUT2D eigenvalue weighted by Gasteiger charge is -2.29. The Bertz CT molecular complexity index is 161. The van der Waals surface area contributed by atoms with Gasteiger partial charge in [0.05, 0.1) is 6.10 Å². The Morgan fingerprint density at radius 1 is 1.75 bits per heavy atom. The Morgan fingerprint density at radius 3 is 3.08 bits per heavy atom. The molecule has 0 spiro atoms. The van der Waals surface area contributed by atoms with Crippen LogP contribution < -0.4 is 5.73 Å². The first-order valence-electron chi connectivity index (χ1n) is 4.29. The van der Waals surface area contributed by atoms with Crippen LogP contribution in [0.15, 0.2) is 0 Å². The van der Waals surface area contributed by atoms with Gasteiger partial charge in [-0.1, -0.05) is 0 Å². The molecule has 4 nitrogen and oxygen atoms in total. The van der Waals surface area contributed by atoms with Crippen LogP contribution in [0.3, 0.4) is 0 Å². The topological polar surface area (TPSA) is 55.6 Å². The van der Waals surface area contributed by atoms with Gasteiger partial charge < -0.3 is 15.4 Å². The lowest BCUT2D eigenvalue weighted by atomic mass is 10.1. The first-order chi connectivity index (χ1) is 5.74. The number of nitrogens with two attached hydrogens (primary N) is 1. The maximum absolute atomic E-state index is 11.0. The fourth-order valence-electron chi connectivity index (χ4n) is 1.28. The zero-order valence-electron chi connectivity index (χ0n) is 7.45. The summed E-state index contributed by atoms with van der Waals surface area (Å²) in [5.74, 6) is 0.0685. The van der Waals surface area contributed by atoms with E-state index in [0.717, 1.165) is 12.8 Å². The smallest absolute Gasteiger partial charge is 0.248 e. The highest BCUT2D eigenvalue weighted by Gasteiger charge is 2.22. The Labute approximate surface area is 72.7 Å². The van der Waals surface area contributed by atoms with Crippen LogP contribution >= 0.6 is 0 Å². The lowest BCUT2D eigenvalue weighted by Crippen LogP contribution is -2.44. The Kier molecular flexibility index (Phi) is 3.49. The van der Waals surface area contributed by atoms with E-state index in [1.807, 2.05) is 0 Å². The van der Waals surface area contributed by atoms with E-state index in [2.05, 4.69) is 0 Å². The second-order valence-corrected chi connectivity index (χ2v) is 3.14. The molecule has 1 aliphatic rings. The van der Waals surface area contributed by atoms with Gasteiger partial charge in [0.15, 0.2) is 0 Å². The molecule has 1 unspecified atom stereocenters. The zero-order chi connectivity index (χ0) is 8.97. The summed E-state index contributed by atoms with van der Waals surface area (Å²) in [6, 6.07) is 0. The summed E-state index contributed by atoms with van der Waals surface area (Å²) in [7, 11) is 1.81. The minimum atomic E-state index is 0.0685. The van der Waals surface area contributed by atoms with E-state index in [0.29, 0.717) is 13.1 Å². The van der Waals surface area contributed by atoms with E-state index in [4.69, 9.17) is 10.5 Å². The fourth-order valence-corrected chi connectivity index (χ4v) is 1.28. The van der Waals surface area contributed by atoms with Gasteiger partial charge in [0.2, 0.25) is 5.91 Å². The fraction of sp³-hybridized carbons (Fsp3) is 0.875. The van der Waals surface area contributed by atoms with Crippen molar-refractivity contribution in [3.05, 3.63) is 0 Å². The Balaban J connectivity index is 2.25. The van der Waals surface area contributed by atoms with Gasteiger partial charge in [-0.25, -0.2) is 0 Å². The van der Waals surface area contributed by atoms with E-state index in [9.17, 15) is 4.79 Å². The van der Waals surface area contributed by atoms with E-state index in [1.165, 1.54) is 0 Å². The molecule has 1 saturated heterocycles. The van der Waals surface area contributed by atoms with Crippen molar-refractivity contribution < 1.29 is 9.53 Å². The highest BCUT2D eigenvalue weighted by atomic mass is 16.5. The summed E-state index contributed by atoms with van der Waals surface area (Å²) in [6.07, 6.45) is 2.11. The van der Waals surface area contributed by atoms with Crippen molar-refractivity contribution >= 4 is 5.91 Å². The molecule has 2 N–H and O–H groups in total. The highest BCUT2D eigenvalue weighted by molar-refractivity contribution is 5.77. The monoisotopic (exact) mass is 172 g/mol. The van der Waals surface area contributed by atoms with Crippen LogP contribution in [0.1, 0.15) is 12.8 Å². The Hall–Kier alpha value is -0.610. The van der Waals surface area contributed by atoms with E-state index < -0.39 is 0 Å². The molecule has 12 heavy (non-hydrogen) atoms. The molecule has 0 aromatic carbocycles. The molecule has 1 aliphatic heterocycles. The molecule has 0 bridgehead atoms. The maximum atomic E-state index is 11.0. The first-order valence-corrected chi connectivity index (χ1v) is 4.29. The van der Waals surface area contributed by atoms with E-state index in [1.54, 1.807) is 11.9 Å². The summed E-state index contributed by atoms with van der Waals surface area (Å²) in [4.78, 5) is 12.7. The number of amides is 1. The van der Waals surface area contributed by atoms with Gasteiger partial charge >= 0.3 is 0 Å². The zero-order valence-corrected chi connectivity index (χ0v) is 7.45. The van der Waals surface area contributed by atoms with Crippen LogP contribution in [-0.4, -0.2) is 43.7 Å². The first kappa shape index (κ1) is 9.48. The minimum Gasteiger partial charge on any atom is -0.367 e. The molecular formula is C8H16N2O2. The lowest BCUT2D eigenvalue weighted by molar-refractivity contribution is -0.147. The second kappa shape index (κ2) is 4.42. The van der Waals surface area contributed by atoms with Crippen molar-refractivity contribution in [2.24, 2.45) is 5.73 Å². The van der Waals surface area contributed by atoms with Gasteiger partial charge in [-0.2, -0.15) is 0 Å². The minimum absolute atomic E-state index is 0.0685. The number of ether oxygens (including phenoxy) is 1. The molecule has 1 amide bonds. The van der Waals surface area contributed by atoms with Gasteiger partial charge in [-0.05, 0) is 19.4 Å². The van der Waals surface area contributed by atoms with Crippen LogP contribution in [0.4, 0.5) is 0 Å². The molecule has 0 aromatic heterocycles. The number of hydrogen-bond acceptors (Lipinski definition) is 3. The van der Waals surface area contributed by atoms with Crippen LogP contribution in [0.2, 0.25) is 0 Å². The summed E-state index contributed by atoms with van der Waals surface area (Å²) < 4.78 is 5.32. The predicted octanol–water partition coefficient (Wildman–Crippen LogP) is -0.417. The van der Waals surface area contributed by atoms with Crippen molar-refractivity contribution in [3.63, 3.8) is 0 Å². The maximum Gasteiger partial charge on any atom is 0.248 e. The van der Waals surface area contributed by atoms with Crippen molar-refractivity contribution in [2.45, 2.75) is 18.9 Å². The molecule has 4 heteroatoms. The molecule has 0 saturated carbocycles. The van der Waals surface area contributed by atoms with Gasteiger partial charge in [0.1, 0.15) is 6.61 Å². The number of nitrogens with zero attached hydrogens (tertiary/aromatic N) is 1. The van der Waals surface area contributed by atoms with Gasteiger partial charge in [0, 0.05) is 13.6 Å². The van der Waals surface area contributed by atoms with Crippen LogP contribution in [-0.2, 0) is 9.53 Å². The Morgan fingerprint density at radius 2 is 2.50 bits per heavy atom. The van der Waals surface area contributed by atoms with Gasteiger partial charge in [0.25, 0.3) is 0 Å². The van der Waals surface area contributed by atoms with Crippen LogP contribution in [0, 0.1) is 0 Å². The quantitative estimate of drug-likeness (QED) is 0.629. The van der Waals surface area contributed by atoms with E-state index >= 15 is 0 Å². The summed E-state index contributed by atoms with van der Waals surface area (Å²) in [5, 5.41) is 0. The van der Waals surface area contributed by atoms with Gasteiger partial charge in [-0.3, -0.25) is 4.79 Å². The third kappa shape index (κ3) is 2.46. The normalized spacial score (nSPS) is 24.7. The number of rotatable bonds is 3. The number of morpholine rings is 1. The van der Waals surface area contributed by atoms with Crippen molar-refractivity contribution in [1.29, 1.82) is 0 Å². The number of hydrogen-bond donors (Lipinski definition) is 1. The summed E-state index contributed by atoms with van der Waals surface area (Å²) in [5.41, 5.74) is 5.37. The van der Waals surface area contributed by atoms with Crippen molar-refractivity contribution in [3.8, 4) is 0 Å². The third-order valence-corrected chi connectivity index (χ3v) is 2.08. The second-order valence-electron chi connectivity index (χ2n) is 3.14. The molecule has 1 atom stereocenters. The predicted molar refractivity (Wildman–Crippen MR) is 45.7 cm³/mol. The molecule has 1 fully saturated rings. The van der Waals surface area contributed by atoms with Crippen LogP contribution in [0.5, 0.6) is 0 Å². The molecule has 0 radical (unpaired) electrons. The molecular weight excluding hydrogens is 156 g/mol.